The highest BCUT2D eigenvalue weighted by molar-refractivity contribution is 5.92. The molecule has 0 saturated carbocycles. The van der Waals surface area contributed by atoms with Gasteiger partial charge in [-0.3, -0.25) is 14.9 Å². The predicted octanol–water partition coefficient (Wildman–Crippen LogP) is 3.40. The molecular weight excluding hydrogens is 335 g/mol. The molecular formula is C19H19FN4O2. The van der Waals surface area contributed by atoms with Gasteiger partial charge in [0.25, 0.3) is 5.91 Å². The minimum Gasteiger partial charge on any atom is -0.487 e. The van der Waals surface area contributed by atoms with Crippen LogP contribution in [0, 0.1) is 5.82 Å². The van der Waals surface area contributed by atoms with E-state index in [9.17, 15) is 9.18 Å². The fourth-order valence-electron chi connectivity index (χ4n) is 2.47. The zero-order chi connectivity index (χ0) is 18.4. The van der Waals surface area contributed by atoms with Crippen molar-refractivity contribution < 1.29 is 13.9 Å². The number of hydrogen-bond acceptors (Lipinski definition) is 4. The molecule has 0 aliphatic rings. The molecule has 7 heteroatoms. The number of carbonyl (C=O) groups excluding carboxylic acids is 1. The smallest absolute Gasteiger partial charge is 0.272 e. The molecule has 2 N–H and O–H groups in total. The minimum atomic E-state index is -0.368. The van der Waals surface area contributed by atoms with Gasteiger partial charge in [0.15, 0.2) is 0 Å². The van der Waals surface area contributed by atoms with Crippen molar-refractivity contribution >= 4 is 5.91 Å². The van der Waals surface area contributed by atoms with E-state index in [0.29, 0.717) is 17.9 Å². The van der Waals surface area contributed by atoms with Crippen molar-refractivity contribution in [3.05, 3.63) is 77.6 Å². The SMILES string of the molecule is CC[C@@H](NC(=O)c1cc(COc2cccc(F)c2)[nH]n1)c1ccccn1. The zero-order valence-corrected chi connectivity index (χ0v) is 14.3. The summed E-state index contributed by atoms with van der Waals surface area (Å²) in [7, 11) is 0. The van der Waals surface area contributed by atoms with Gasteiger partial charge in [-0.1, -0.05) is 19.1 Å². The van der Waals surface area contributed by atoms with Gasteiger partial charge < -0.3 is 10.1 Å². The lowest BCUT2D eigenvalue weighted by atomic mass is 10.1. The monoisotopic (exact) mass is 354 g/mol. The summed E-state index contributed by atoms with van der Waals surface area (Å²) in [6.45, 7) is 2.13. The number of hydrogen-bond donors (Lipinski definition) is 2. The highest BCUT2D eigenvalue weighted by Gasteiger charge is 2.17. The van der Waals surface area contributed by atoms with Gasteiger partial charge in [-0.05, 0) is 36.8 Å². The quantitative estimate of drug-likeness (QED) is 0.681. The summed E-state index contributed by atoms with van der Waals surface area (Å²) in [5.74, 6) is -0.255. The number of benzene rings is 1. The molecule has 2 aromatic heterocycles. The first-order valence-electron chi connectivity index (χ1n) is 8.30. The van der Waals surface area contributed by atoms with Crippen LogP contribution in [0.2, 0.25) is 0 Å². The average Bonchev–Trinajstić information content (AvgIpc) is 3.14. The minimum absolute atomic E-state index is 0.154. The molecule has 0 radical (unpaired) electrons. The van der Waals surface area contributed by atoms with E-state index in [2.05, 4.69) is 20.5 Å². The van der Waals surface area contributed by atoms with E-state index in [1.807, 2.05) is 25.1 Å². The molecule has 0 aliphatic carbocycles. The van der Waals surface area contributed by atoms with Crippen LogP contribution in [-0.2, 0) is 6.61 Å². The lowest BCUT2D eigenvalue weighted by Crippen LogP contribution is -2.29. The molecule has 6 nitrogen and oxygen atoms in total. The third-order valence-electron chi connectivity index (χ3n) is 3.81. The first-order valence-corrected chi connectivity index (χ1v) is 8.30. The Hall–Kier alpha value is -3.22. The highest BCUT2D eigenvalue weighted by atomic mass is 19.1. The van der Waals surface area contributed by atoms with Crippen molar-refractivity contribution in [1.29, 1.82) is 0 Å². The van der Waals surface area contributed by atoms with E-state index < -0.39 is 0 Å². The van der Waals surface area contributed by atoms with Gasteiger partial charge in [0, 0.05) is 12.3 Å². The van der Waals surface area contributed by atoms with Crippen LogP contribution in [0.25, 0.3) is 0 Å². The molecule has 0 unspecified atom stereocenters. The summed E-state index contributed by atoms with van der Waals surface area (Å²) < 4.78 is 18.6. The molecule has 0 spiro atoms. The Morgan fingerprint density at radius 1 is 1.27 bits per heavy atom. The van der Waals surface area contributed by atoms with Gasteiger partial charge >= 0.3 is 0 Å². The van der Waals surface area contributed by atoms with Gasteiger partial charge in [0.1, 0.15) is 23.9 Å². The highest BCUT2D eigenvalue weighted by Crippen LogP contribution is 2.16. The maximum absolute atomic E-state index is 13.1. The second-order valence-corrected chi connectivity index (χ2v) is 5.71. The predicted molar refractivity (Wildman–Crippen MR) is 94.1 cm³/mol. The molecule has 1 aromatic carbocycles. The third-order valence-corrected chi connectivity index (χ3v) is 3.81. The zero-order valence-electron chi connectivity index (χ0n) is 14.3. The first kappa shape index (κ1) is 17.6. The number of rotatable bonds is 7. The van der Waals surface area contributed by atoms with Crippen LogP contribution in [0.4, 0.5) is 4.39 Å². The van der Waals surface area contributed by atoms with E-state index in [0.717, 1.165) is 5.69 Å². The Balaban J connectivity index is 1.60. The van der Waals surface area contributed by atoms with Gasteiger partial charge in [0.05, 0.1) is 17.4 Å². The molecule has 2 heterocycles. The van der Waals surface area contributed by atoms with E-state index in [1.165, 1.54) is 12.1 Å². The number of pyridine rings is 1. The number of carbonyl (C=O) groups is 1. The molecule has 0 bridgehead atoms. The Morgan fingerprint density at radius 3 is 2.88 bits per heavy atom. The number of halogens is 1. The van der Waals surface area contributed by atoms with Gasteiger partial charge in [-0.15, -0.1) is 0 Å². The number of H-pyrrole nitrogens is 1. The molecule has 0 saturated heterocycles. The number of ether oxygens (including phenoxy) is 1. The number of amides is 1. The fraction of sp³-hybridized carbons (Fsp3) is 0.211. The number of aromatic nitrogens is 3. The van der Waals surface area contributed by atoms with Crippen LogP contribution in [0.3, 0.4) is 0 Å². The Bertz CT molecular complexity index is 867. The Labute approximate surface area is 150 Å². The topological polar surface area (TPSA) is 79.9 Å². The second-order valence-electron chi connectivity index (χ2n) is 5.71. The summed E-state index contributed by atoms with van der Waals surface area (Å²) in [5.41, 5.74) is 1.68. The lowest BCUT2D eigenvalue weighted by Gasteiger charge is -2.15. The van der Waals surface area contributed by atoms with Crippen LogP contribution in [0.1, 0.15) is 41.3 Å². The Morgan fingerprint density at radius 2 is 2.15 bits per heavy atom. The van der Waals surface area contributed by atoms with Gasteiger partial charge in [-0.2, -0.15) is 5.10 Å². The van der Waals surface area contributed by atoms with Crippen molar-refractivity contribution in [2.75, 3.05) is 0 Å². The van der Waals surface area contributed by atoms with E-state index >= 15 is 0 Å². The normalized spacial score (nSPS) is 11.8. The Kier molecular flexibility index (Phi) is 5.58. The van der Waals surface area contributed by atoms with E-state index in [1.54, 1.807) is 24.4 Å². The molecule has 0 fully saturated rings. The maximum atomic E-state index is 13.1. The van der Waals surface area contributed by atoms with Crippen molar-refractivity contribution in [2.45, 2.75) is 26.0 Å². The second kappa shape index (κ2) is 8.24. The van der Waals surface area contributed by atoms with Crippen LogP contribution in [-0.4, -0.2) is 21.1 Å². The van der Waals surface area contributed by atoms with Crippen molar-refractivity contribution in [1.82, 2.24) is 20.5 Å². The fourth-order valence-corrected chi connectivity index (χ4v) is 2.47. The lowest BCUT2D eigenvalue weighted by molar-refractivity contribution is 0.0929. The van der Waals surface area contributed by atoms with Gasteiger partial charge in [0.2, 0.25) is 0 Å². The molecule has 134 valence electrons. The van der Waals surface area contributed by atoms with Crippen LogP contribution < -0.4 is 10.1 Å². The van der Waals surface area contributed by atoms with E-state index in [4.69, 9.17) is 4.74 Å². The number of aromatic amines is 1. The average molecular weight is 354 g/mol. The number of nitrogens with zero attached hydrogens (tertiary/aromatic N) is 2. The summed E-state index contributed by atoms with van der Waals surface area (Å²) in [6, 6.07) is 12.9. The standard InChI is InChI=1S/C19H19FN4O2/c1-2-16(17-8-3-4-9-21-17)22-19(25)18-11-14(23-24-18)12-26-15-7-5-6-13(20)10-15/h3-11,16H,2,12H2,1H3,(H,22,25)(H,23,24)/t16-/m1/s1. The largest absolute Gasteiger partial charge is 0.487 e. The molecule has 3 rings (SSSR count). The molecule has 1 amide bonds. The molecule has 1 atom stereocenters. The summed E-state index contributed by atoms with van der Waals surface area (Å²) in [6.07, 6.45) is 2.41. The molecule has 3 aromatic rings. The molecule has 0 aliphatic heterocycles. The maximum Gasteiger partial charge on any atom is 0.272 e. The molecule has 26 heavy (non-hydrogen) atoms. The van der Waals surface area contributed by atoms with Crippen molar-refractivity contribution in [2.24, 2.45) is 0 Å². The van der Waals surface area contributed by atoms with Crippen LogP contribution in [0.5, 0.6) is 5.75 Å². The third kappa shape index (κ3) is 4.44. The van der Waals surface area contributed by atoms with Crippen molar-refractivity contribution in [3.63, 3.8) is 0 Å². The summed E-state index contributed by atoms with van der Waals surface area (Å²) in [5, 5.41) is 9.69. The van der Waals surface area contributed by atoms with Crippen molar-refractivity contribution in [3.8, 4) is 5.75 Å². The van der Waals surface area contributed by atoms with Crippen LogP contribution in [0.15, 0.2) is 54.7 Å². The van der Waals surface area contributed by atoms with E-state index in [-0.39, 0.29) is 30.1 Å². The summed E-state index contributed by atoms with van der Waals surface area (Å²) >= 11 is 0. The van der Waals surface area contributed by atoms with Gasteiger partial charge in [-0.25, -0.2) is 4.39 Å². The first-order chi connectivity index (χ1) is 12.7. The number of nitrogens with one attached hydrogen (secondary N) is 2. The van der Waals surface area contributed by atoms with Crippen LogP contribution >= 0.6 is 0 Å². The summed E-state index contributed by atoms with van der Waals surface area (Å²) in [4.78, 5) is 16.7.